The second-order valence-electron chi connectivity index (χ2n) is 15.3. The fourth-order valence-electron chi connectivity index (χ4n) is 3.78. The van der Waals surface area contributed by atoms with Gasteiger partial charge in [0.25, 0.3) is 8.32 Å². The molecule has 204 valence electrons. The Hall–Kier alpha value is -1.16. The summed E-state index contributed by atoms with van der Waals surface area (Å²) in [7, 11) is -6.06. The predicted molar refractivity (Wildman–Crippen MR) is 166 cm³/mol. The van der Waals surface area contributed by atoms with Crippen LogP contribution in [0.1, 0.15) is 67.9 Å². The molecule has 2 rings (SSSR count). The van der Waals surface area contributed by atoms with Crippen molar-refractivity contribution in [3.8, 4) is 0 Å². The quantitative estimate of drug-likeness (QED) is 0.354. The first-order valence-electron chi connectivity index (χ1n) is 13.5. The molecule has 2 aromatic rings. The highest BCUT2D eigenvalue weighted by Gasteiger charge is 2.45. The number of hydrogen-bond acceptors (Lipinski definition) is 3. The zero-order chi connectivity index (χ0) is 28.1. The van der Waals surface area contributed by atoms with Gasteiger partial charge in [-0.3, -0.25) is 4.79 Å². The zero-order valence-electron chi connectivity index (χ0n) is 25.9. The Morgan fingerprint density at radius 3 is 1.86 bits per heavy atom. The summed E-state index contributed by atoms with van der Waals surface area (Å²) in [6, 6.07) is 8.35. The van der Waals surface area contributed by atoms with Crippen LogP contribution in [0.15, 0.2) is 30.5 Å². The van der Waals surface area contributed by atoms with Gasteiger partial charge in [0.2, 0.25) is 0 Å². The third-order valence-electron chi connectivity index (χ3n) is 9.51. The Balaban J connectivity index is 2.61. The monoisotopic (exact) mass is 546 g/mol. The Bertz CT molecular complexity index is 1080. The Kier molecular flexibility index (Phi) is 8.51. The summed E-state index contributed by atoms with van der Waals surface area (Å²) in [6.07, 6.45) is 2.99. The van der Waals surface area contributed by atoms with Crippen molar-refractivity contribution in [3.63, 3.8) is 0 Å². The van der Waals surface area contributed by atoms with E-state index >= 15 is 0 Å². The van der Waals surface area contributed by atoms with Gasteiger partial charge in [-0.15, -0.1) is 0 Å². The van der Waals surface area contributed by atoms with Crippen molar-refractivity contribution in [2.75, 3.05) is 0 Å². The van der Waals surface area contributed by atoms with Crippen molar-refractivity contribution in [2.24, 2.45) is 0 Å². The molecule has 1 atom stereocenters. The average Bonchev–Trinajstić information content (AvgIpc) is 3.03. The number of carbonyl (C=O) groups is 1. The van der Waals surface area contributed by atoms with E-state index in [1.165, 1.54) is 16.5 Å². The lowest BCUT2D eigenvalue weighted by Crippen LogP contribution is -2.60. The lowest BCUT2D eigenvalue weighted by atomic mass is 10.1. The molecule has 4 nitrogen and oxygen atoms in total. The number of aromatic nitrogens is 1. The summed E-state index contributed by atoms with van der Waals surface area (Å²) < 4.78 is 8.95. The maximum absolute atomic E-state index is 13.9. The van der Waals surface area contributed by atoms with Gasteiger partial charge in [0.15, 0.2) is 8.24 Å². The van der Waals surface area contributed by atoms with Gasteiger partial charge in [0.05, 0.1) is 0 Å². The molecule has 0 fully saturated rings. The van der Waals surface area contributed by atoms with Crippen LogP contribution in [0.5, 0.6) is 0 Å². The molecule has 0 saturated carbocycles. The Morgan fingerprint density at radius 2 is 1.39 bits per heavy atom. The fourth-order valence-corrected chi connectivity index (χ4v) is 8.25. The number of hydrogen-bond donors (Lipinski definition) is 1. The Morgan fingerprint density at radius 1 is 0.861 bits per heavy atom. The van der Waals surface area contributed by atoms with Crippen molar-refractivity contribution < 1.29 is 9.22 Å². The smallest absolute Gasteiger partial charge is 0.309 e. The van der Waals surface area contributed by atoms with Crippen LogP contribution in [0.25, 0.3) is 10.9 Å². The topological polar surface area (TPSA) is 43.3 Å². The lowest BCUT2D eigenvalue weighted by molar-refractivity contribution is -0.137. The summed E-state index contributed by atoms with van der Waals surface area (Å²) >= 11 is 0. The third kappa shape index (κ3) is 6.28. The fraction of sp³-hybridized carbons (Fsp3) is 0.690. The van der Waals surface area contributed by atoms with Crippen molar-refractivity contribution in [1.82, 2.24) is 9.22 Å². The van der Waals surface area contributed by atoms with Crippen molar-refractivity contribution in [3.05, 3.63) is 36.0 Å². The van der Waals surface area contributed by atoms with E-state index in [2.05, 4.69) is 141 Å². The molecule has 1 heterocycles. The minimum atomic E-state index is -2.24. The van der Waals surface area contributed by atoms with Crippen LogP contribution in [0.4, 0.5) is 0 Å². The summed E-state index contributed by atoms with van der Waals surface area (Å²) in [5.41, 5.74) is 2.52. The molecule has 36 heavy (non-hydrogen) atoms. The highest BCUT2D eigenvalue weighted by atomic mass is 28.4. The molecule has 7 heteroatoms. The van der Waals surface area contributed by atoms with Gasteiger partial charge in [-0.05, 0) is 52.5 Å². The SMILES string of the molecule is CC(C)(C)[Si](C)(C)N[C@@H](Cc1cn([Si](C)(C)C(C)(C)C)c2ccccc12)C(=O)O[Si](C)(C)C(C)(C)C. The molecule has 0 bridgehead atoms. The van der Waals surface area contributed by atoms with Crippen LogP contribution < -0.4 is 4.98 Å². The number of benzene rings is 1. The van der Waals surface area contributed by atoms with Gasteiger partial charge in [-0.25, -0.2) is 0 Å². The minimum Gasteiger partial charge on any atom is -0.518 e. The number of rotatable bonds is 7. The predicted octanol–water partition coefficient (Wildman–Crippen LogP) is 8.55. The molecule has 1 aromatic carbocycles. The van der Waals surface area contributed by atoms with Crippen LogP contribution in [0, 0.1) is 0 Å². The van der Waals surface area contributed by atoms with Crippen LogP contribution >= 0.6 is 0 Å². The van der Waals surface area contributed by atoms with Gasteiger partial charge in [0.1, 0.15) is 14.3 Å². The number of para-hydroxylation sites is 1. The second-order valence-corrected chi connectivity index (χ2v) is 30.2. The van der Waals surface area contributed by atoms with E-state index in [-0.39, 0.29) is 27.1 Å². The largest absolute Gasteiger partial charge is 0.518 e. The standard InChI is InChI=1S/C29H54N2O2Si3/c1-27(2,3)34(10,11)30-24(26(32)33-36(14,15)29(7,8)9)20-22-21-31(35(12,13)28(4,5)6)25-19-17-16-18-23(22)25/h16-19,21,24,30H,20H2,1-15H3/t24-/m0/s1. The van der Waals surface area contributed by atoms with Crippen molar-refractivity contribution in [1.29, 1.82) is 0 Å². The molecular formula is C29H54N2O2Si3. The first kappa shape index (κ1) is 31.1. The molecule has 0 amide bonds. The maximum Gasteiger partial charge on any atom is 0.309 e. The van der Waals surface area contributed by atoms with Crippen LogP contribution in [-0.4, -0.2) is 41.0 Å². The number of nitrogens with zero attached hydrogens (tertiary/aromatic N) is 1. The molecule has 1 aromatic heterocycles. The molecule has 0 spiro atoms. The highest BCUT2D eigenvalue weighted by Crippen LogP contribution is 2.41. The molecule has 0 unspecified atom stereocenters. The number of nitrogens with one attached hydrogen (secondary N) is 1. The van der Waals surface area contributed by atoms with E-state index in [0.29, 0.717) is 6.42 Å². The molecule has 0 radical (unpaired) electrons. The molecular weight excluding hydrogens is 493 g/mol. The van der Waals surface area contributed by atoms with Crippen molar-refractivity contribution >= 4 is 41.7 Å². The van der Waals surface area contributed by atoms with E-state index in [0.717, 1.165) is 0 Å². The van der Waals surface area contributed by atoms with E-state index in [1.54, 1.807) is 0 Å². The minimum absolute atomic E-state index is 0.0253. The summed E-state index contributed by atoms with van der Waals surface area (Å²) in [4.78, 5) is 17.8. The number of fused-ring (bicyclic) bond motifs is 1. The van der Waals surface area contributed by atoms with Gasteiger partial charge in [-0.1, -0.05) is 107 Å². The van der Waals surface area contributed by atoms with Crippen LogP contribution in [-0.2, 0) is 15.6 Å². The van der Waals surface area contributed by atoms with Crippen LogP contribution in [0.2, 0.25) is 54.4 Å². The molecule has 1 N–H and O–H groups in total. The van der Waals surface area contributed by atoms with Gasteiger partial charge in [-0.2, -0.15) is 0 Å². The number of carbonyl (C=O) groups excluding carboxylic acids is 1. The maximum atomic E-state index is 13.9. The van der Waals surface area contributed by atoms with Gasteiger partial charge in [0, 0.05) is 10.9 Å². The van der Waals surface area contributed by atoms with E-state index < -0.39 is 24.8 Å². The van der Waals surface area contributed by atoms with E-state index in [1.807, 2.05) is 0 Å². The summed E-state index contributed by atoms with van der Waals surface area (Å²) in [5, 5.41) is 1.54. The second kappa shape index (κ2) is 9.86. The normalized spacial score (nSPS) is 15.3. The molecule has 0 aliphatic rings. The van der Waals surface area contributed by atoms with E-state index in [4.69, 9.17) is 4.43 Å². The summed E-state index contributed by atoms with van der Waals surface area (Å²) in [6.45, 7) is 34.4. The van der Waals surface area contributed by atoms with Gasteiger partial charge < -0.3 is 13.6 Å². The highest BCUT2D eigenvalue weighted by molar-refractivity contribution is 6.79. The van der Waals surface area contributed by atoms with Gasteiger partial charge >= 0.3 is 5.97 Å². The zero-order valence-corrected chi connectivity index (χ0v) is 28.9. The average molecular weight is 547 g/mol. The molecule has 0 aliphatic carbocycles. The summed E-state index contributed by atoms with van der Waals surface area (Å²) in [5.74, 6) is -0.0874. The van der Waals surface area contributed by atoms with E-state index in [9.17, 15) is 4.79 Å². The third-order valence-corrected chi connectivity index (χ3v) is 23.9. The molecule has 0 saturated heterocycles. The molecule has 0 aliphatic heterocycles. The lowest BCUT2D eigenvalue weighted by Gasteiger charge is -2.41. The first-order valence-corrected chi connectivity index (χ1v) is 22.4. The first-order chi connectivity index (χ1) is 15.9. The van der Waals surface area contributed by atoms with Crippen LogP contribution in [0.3, 0.4) is 0 Å². The Labute approximate surface area is 224 Å². The van der Waals surface area contributed by atoms with Crippen molar-refractivity contribution in [2.45, 2.75) is 129 Å².